The summed E-state index contributed by atoms with van der Waals surface area (Å²) in [5, 5.41) is 2.70. The highest BCUT2D eigenvalue weighted by molar-refractivity contribution is 9.10. The zero-order chi connectivity index (χ0) is 15.6. The van der Waals surface area contributed by atoms with Crippen molar-refractivity contribution in [3.8, 4) is 0 Å². The summed E-state index contributed by atoms with van der Waals surface area (Å²) in [5.41, 5.74) is 2.65. The lowest BCUT2D eigenvalue weighted by atomic mass is 10.1. The van der Waals surface area contributed by atoms with Crippen molar-refractivity contribution in [1.29, 1.82) is 0 Å². The smallest absolute Gasteiger partial charge is 0.228 e. The summed E-state index contributed by atoms with van der Waals surface area (Å²) >= 11 is 3.45. The zero-order valence-corrected chi connectivity index (χ0v) is 13.2. The highest BCUT2D eigenvalue weighted by Gasteiger charge is 2.12. The summed E-state index contributed by atoms with van der Waals surface area (Å²) in [6.07, 6.45) is -0.211. The summed E-state index contributed by atoms with van der Waals surface area (Å²) in [6, 6.07) is 7.44. The van der Waals surface area contributed by atoms with Gasteiger partial charge in [0.25, 0.3) is 0 Å². The number of rotatable bonds is 3. The van der Waals surface area contributed by atoms with Gasteiger partial charge < -0.3 is 5.32 Å². The molecule has 2 rings (SSSR count). The van der Waals surface area contributed by atoms with Crippen LogP contribution >= 0.6 is 15.9 Å². The highest BCUT2D eigenvalue weighted by Crippen LogP contribution is 2.25. The third kappa shape index (κ3) is 3.67. The van der Waals surface area contributed by atoms with E-state index in [1.807, 2.05) is 26.0 Å². The topological polar surface area (TPSA) is 29.1 Å². The quantitative estimate of drug-likeness (QED) is 0.863. The molecule has 0 fully saturated rings. The van der Waals surface area contributed by atoms with Crippen LogP contribution < -0.4 is 5.32 Å². The fraction of sp³-hybridized carbons (Fsp3) is 0.188. The number of carbonyl (C=O) groups is 1. The minimum Gasteiger partial charge on any atom is -0.326 e. The first-order chi connectivity index (χ1) is 9.88. The molecule has 0 heterocycles. The van der Waals surface area contributed by atoms with E-state index in [2.05, 4.69) is 21.2 Å². The molecule has 0 aliphatic carbocycles. The van der Waals surface area contributed by atoms with E-state index < -0.39 is 11.6 Å². The highest BCUT2D eigenvalue weighted by atomic mass is 79.9. The van der Waals surface area contributed by atoms with Gasteiger partial charge in [-0.3, -0.25) is 4.79 Å². The Morgan fingerprint density at radius 1 is 1.19 bits per heavy atom. The van der Waals surface area contributed by atoms with Gasteiger partial charge in [-0.2, -0.15) is 0 Å². The molecule has 0 aliphatic heterocycles. The summed E-state index contributed by atoms with van der Waals surface area (Å²) in [5.74, 6) is -2.31. The van der Waals surface area contributed by atoms with Gasteiger partial charge in [-0.05, 0) is 43.2 Å². The number of benzene rings is 2. The molecule has 2 nitrogen and oxygen atoms in total. The molecule has 2 aromatic rings. The summed E-state index contributed by atoms with van der Waals surface area (Å²) < 4.78 is 27.6. The molecule has 0 atom stereocenters. The third-order valence-electron chi connectivity index (χ3n) is 3.10. The maximum absolute atomic E-state index is 13.5. The van der Waals surface area contributed by atoms with E-state index in [0.29, 0.717) is 5.69 Å². The van der Waals surface area contributed by atoms with Crippen molar-refractivity contribution >= 4 is 27.5 Å². The Labute approximate surface area is 130 Å². The molecule has 0 radical (unpaired) electrons. The fourth-order valence-corrected chi connectivity index (χ4v) is 2.31. The van der Waals surface area contributed by atoms with Crippen LogP contribution in [0.25, 0.3) is 0 Å². The van der Waals surface area contributed by atoms with Crippen molar-refractivity contribution in [3.05, 3.63) is 63.1 Å². The van der Waals surface area contributed by atoms with Gasteiger partial charge in [0.15, 0.2) is 11.6 Å². The normalized spacial score (nSPS) is 10.5. The molecule has 0 spiro atoms. The number of anilines is 1. The second kappa shape index (κ2) is 6.35. The first-order valence-corrected chi connectivity index (χ1v) is 7.17. The predicted octanol–water partition coefficient (Wildman–Crippen LogP) is 4.53. The molecule has 1 N–H and O–H groups in total. The van der Waals surface area contributed by atoms with Crippen LogP contribution in [0.1, 0.15) is 16.7 Å². The Kier molecular flexibility index (Phi) is 4.73. The minimum absolute atomic E-state index is 0.0399. The van der Waals surface area contributed by atoms with E-state index in [9.17, 15) is 13.6 Å². The molecule has 1 amide bonds. The van der Waals surface area contributed by atoms with Crippen LogP contribution in [-0.2, 0) is 11.2 Å². The Bertz CT molecular complexity index is 678. The van der Waals surface area contributed by atoms with Gasteiger partial charge in [0.05, 0.1) is 6.42 Å². The van der Waals surface area contributed by atoms with Crippen molar-refractivity contribution in [2.75, 3.05) is 5.32 Å². The molecular formula is C16H14BrF2NO. The summed E-state index contributed by atoms with van der Waals surface area (Å²) in [4.78, 5) is 11.9. The molecule has 0 aliphatic rings. The van der Waals surface area contributed by atoms with E-state index in [4.69, 9.17) is 0 Å². The number of nitrogens with one attached hydrogen (secondary N) is 1. The lowest BCUT2D eigenvalue weighted by Gasteiger charge is -2.10. The van der Waals surface area contributed by atoms with Crippen LogP contribution in [0.15, 0.2) is 34.8 Å². The fourth-order valence-electron chi connectivity index (χ4n) is 2.08. The van der Waals surface area contributed by atoms with Gasteiger partial charge in [-0.1, -0.05) is 28.1 Å². The van der Waals surface area contributed by atoms with Gasteiger partial charge in [0.1, 0.15) is 0 Å². The molecule has 21 heavy (non-hydrogen) atoms. The van der Waals surface area contributed by atoms with Crippen molar-refractivity contribution in [1.82, 2.24) is 0 Å². The van der Waals surface area contributed by atoms with Crippen LogP contribution in [0.5, 0.6) is 0 Å². The maximum Gasteiger partial charge on any atom is 0.228 e. The predicted molar refractivity (Wildman–Crippen MR) is 82.3 cm³/mol. The third-order valence-corrected chi connectivity index (χ3v) is 4.35. The van der Waals surface area contributed by atoms with Crippen LogP contribution in [0, 0.1) is 25.5 Å². The second-order valence-corrected chi connectivity index (χ2v) is 5.65. The number of halogens is 3. The number of hydrogen-bond acceptors (Lipinski definition) is 1. The molecule has 0 saturated carbocycles. The standard InChI is InChI=1S/C16H14BrF2NO/c1-9-6-12(7-10(2)15(9)17)20-14(21)8-11-4-3-5-13(18)16(11)19/h3-7H,8H2,1-2H3,(H,20,21). The average Bonchev–Trinajstić information content (AvgIpc) is 2.41. The van der Waals surface area contributed by atoms with Gasteiger partial charge in [0.2, 0.25) is 5.91 Å². The molecular weight excluding hydrogens is 340 g/mol. The van der Waals surface area contributed by atoms with E-state index in [-0.39, 0.29) is 17.9 Å². The molecule has 0 aromatic heterocycles. The van der Waals surface area contributed by atoms with Crippen molar-refractivity contribution in [2.45, 2.75) is 20.3 Å². The van der Waals surface area contributed by atoms with Crippen molar-refractivity contribution in [3.63, 3.8) is 0 Å². The summed E-state index contributed by atoms with van der Waals surface area (Å²) in [7, 11) is 0. The van der Waals surface area contributed by atoms with Crippen LogP contribution in [-0.4, -0.2) is 5.91 Å². The molecule has 0 saturated heterocycles. The number of hydrogen-bond donors (Lipinski definition) is 1. The van der Waals surface area contributed by atoms with Gasteiger partial charge in [0, 0.05) is 15.7 Å². The van der Waals surface area contributed by atoms with Gasteiger partial charge in [-0.15, -0.1) is 0 Å². The molecule has 5 heteroatoms. The first kappa shape index (κ1) is 15.6. The Morgan fingerprint density at radius 2 is 1.81 bits per heavy atom. The Balaban J connectivity index is 2.14. The van der Waals surface area contributed by atoms with E-state index in [1.54, 1.807) is 0 Å². The van der Waals surface area contributed by atoms with E-state index >= 15 is 0 Å². The number of amides is 1. The Morgan fingerprint density at radius 3 is 2.43 bits per heavy atom. The van der Waals surface area contributed by atoms with E-state index in [0.717, 1.165) is 21.7 Å². The lowest BCUT2D eigenvalue weighted by Crippen LogP contribution is -2.15. The van der Waals surface area contributed by atoms with Crippen molar-refractivity contribution in [2.24, 2.45) is 0 Å². The number of carbonyl (C=O) groups excluding carboxylic acids is 1. The summed E-state index contributed by atoms with van der Waals surface area (Å²) in [6.45, 7) is 3.83. The molecule has 0 bridgehead atoms. The molecule has 0 unspecified atom stereocenters. The average molecular weight is 354 g/mol. The second-order valence-electron chi connectivity index (χ2n) is 4.86. The molecule has 2 aromatic carbocycles. The zero-order valence-electron chi connectivity index (χ0n) is 11.6. The minimum atomic E-state index is -0.976. The van der Waals surface area contributed by atoms with Gasteiger partial charge >= 0.3 is 0 Å². The monoisotopic (exact) mass is 353 g/mol. The van der Waals surface area contributed by atoms with Crippen LogP contribution in [0.4, 0.5) is 14.5 Å². The van der Waals surface area contributed by atoms with Crippen LogP contribution in [0.2, 0.25) is 0 Å². The Hall–Kier alpha value is -1.75. The first-order valence-electron chi connectivity index (χ1n) is 6.38. The molecule has 110 valence electrons. The number of aryl methyl sites for hydroxylation is 2. The SMILES string of the molecule is Cc1cc(NC(=O)Cc2cccc(F)c2F)cc(C)c1Br. The van der Waals surface area contributed by atoms with E-state index in [1.165, 1.54) is 12.1 Å². The maximum atomic E-state index is 13.5. The lowest BCUT2D eigenvalue weighted by molar-refractivity contribution is -0.115. The largest absolute Gasteiger partial charge is 0.326 e. The van der Waals surface area contributed by atoms with Crippen molar-refractivity contribution < 1.29 is 13.6 Å². The van der Waals surface area contributed by atoms with Crippen LogP contribution in [0.3, 0.4) is 0 Å². The van der Waals surface area contributed by atoms with Gasteiger partial charge in [-0.25, -0.2) is 8.78 Å².